The maximum atomic E-state index is 13.9. The second kappa shape index (κ2) is 28.3. The van der Waals surface area contributed by atoms with Crippen LogP contribution in [0.1, 0.15) is 157 Å². The summed E-state index contributed by atoms with van der Waals surface area (Å²) in [6.45, 7) is 37.0. The lowest BCUT2D eigenvalue weighted by Crippen LogP contribution is -2.65. The van der Waals surface area contributed by atoms with Gasteiger partial charge in [-0.25, -0.2) is 29.0 Å². The average molecular weight is 1320 g/mol. The Labute approximate surface area is 561 Å². The Hall–Kier alpha value is -5.68. The summed E-state index contributed by atoms with van der Waals surface area (Å²) in [7, 11) is -1.04. The summed E-state index contributed by atoms with van der Waals surface area (Å²) >= 11 is 0. The number of piperidine rings is 2. The van der Waals surface area contributed by atoms with E-state index < -0.39 is 49.6 Å². The first kappa shape index (κ1) is 72.1. The van der Waals surface area contributed by atoms with Crippen molar-refractivity contribution >= 4 is 44.2 Å². The molecule has 0 unspecified atom stereocenters. The molecule has 0 radical (unpaired) electrons. The molecule has 6 saturated heterocycles. The van der Waals surface area contributed by atoms with Crippen molar-refractivity contribution in [1.82, 2.24) is 30.2 Å². The van der Waals surface area contributed by atoms with Crippen LogP contribution in [0.25, 0.3) is 9.69 Å². The van der Waals surface area contributed by atoms with Crippen LogP contribution in [0.5, 0.6) is 0 Å². The van der Waals surface area contributed by atoms with Crippen molar-refractivity contribution in [2.24, 2.45) is 46.3 Å². The van der Waals surface area contributed by atoms with E-state index in [1.54, 1.807) is 42.4 Å². The monoisotopic (exact) mass is 1320 g/mol. The van der Waals surface area contributed by atoms with Gasteiger partial charge in [-0.2, -0.15) is 0 Å². The zero-order valence-electron chi connectivity index (χ0n) is 57.5. The van der Waals surface area contributed by atoms with Gasteiger partial charge in [-0.1, -0.05) is 94.4 Å². The molecule has 12 atom stereocenters. The fraction of sp³-hybridized carbons (Fsp3) is 0.708. The van der Waals surface area contributed by atoms with Crippen molar-refractivity contribution in [3.63, 3.8) is 0 Å². The summed E-state index contributed by atoms with van der Waals surface area (Å²) in [5.41, 5.74) is 0.307. The summed E-state index contributed by atoms with van der Waals surface area (Å²) < 4.78 is 79.8. The van der Waals surface area contributed by atoms with E-state index in [1.165, 1.54) is 17.4 Å². The first-order valence-electron chi connectivity index (χ1n) is 34.7. The molecule has 6 aliphatic heterocycles. The Morgan fingerprint density at radius 2 is 1.07 bits per heavy atom. The molecule has 2 aromatic carbocycles. The normalized spacial score (nSPS) is 31.6. The standard InChI is InChI=1S/C36H49BF2N4O4.C28H38BN3O4.C8H13F2NO/c1-33(2,43-16-14-36(38,39)23-43)21-27(40-6)32(45)42-15-10-13-25(22-42)18-31(44)41-30(17-24-11-8-7-9-12-24)37-46-29-20-26-19-28(34(26,3)4)35(29,5)47-37;1-27(2)21-15-22(27)28(3)23(16-21)35-29(36-28)24(13-19-9-6-5-7-10-19)31-25(33)14-20-11-8-12-32(18-20)26(34)17-30-4;1-7(2,6-12)11-4-3-8(9,10)5-11/h7-9,11-12,21,25-26,28-30H,10,13-20,22-23H2,1-5H3,(H,41,44);5-7,9-10,20-24H,8,11-18H2,1-3H3,(H,31,33);6H,3-5H2,1-2H3/t25-,26+,28+,29-,30+,35+;20-,21+,22+,23-,24+,28+;/m11./s1. The number of aldehydes is 1. The summed E-state index contributed by atoms with van der Waals surface area (Å²) in [6.07, 6.45) is 11.4. The number of rotatable bonds is 18. The number of hydrogen-bond acceptors (Lipinski definition) is 11. The second-order valence-corrected chi connectivity index (χ2v) is 31.9. The van der Waals surface area contributed by atoms with E-state index >= 15 is 0 Å². The smallest absolute Gasteiger partial charge is 0.404 e. The van der Waals surface area contributed by atoms with Crippen LogP contribution < -0.4 is 10.6 Å². The van der Waals surface area contributed by atoms with Gasteiger partial charge in [0.05, 0.1) is 60.5 Å². The minimum Gasteiger partial charge on any atom is -0.404 e. The lowest BCUT2D eigenvalue weighted by atomic mass is 9.43. The number of carbonyl (C=O) groups excluding carboxylic acids is 5. The number of halogens is 4. The van der Waals surface area contributed by atoms with E-state index in [4.69, 9.17) is 31.8 Å². The number of likely N-dealkylation sites (tertiary alicyclic amines) is 4. The molecule has 0 aromatic heterocycles. The van der Waals surface area contributed by atoms with Gasteiger partial charge in [-0.15, -0.1) is 0 Å². The number of carbonyl (C=O) groups is 5. The van der Waals surface area contributed by atoms with E-state index in [9.17, 15) is 41.5 Å². The van der Waals surface area contributed by atoms with Gasteiger partial charge in [0, 0.05) is 70.5 Å². The largest absolute Gasteiger partial charge is 0.482 e. The summed E-state index contributed by atoms with van der Waals surface area (Å²) in [5, 5.41) is 6.52. The fourth-order valence-electron chi connectivity index (χ4n) is 17.7. The molecule has 95 heavy (non-hydrogen) atoms. The number of amides is 4. The van der Waals surface area contributed by atoms with Crippen LogP contribution in [0.2, 0.25) is 0 Å². The summed E-state index contributed by atoms with van der Waals surface area (Å²) in [6, 6.07) is 20.2. The van der Waals surface area contributed by atoms with Crippen molar-refractivity contribution < 1.29 is 60.2 Å². The molecule has 0 spiro atoms. The molecule has 12 aliphatic rings. The first-order valence-corrected chi connectivity index (χ1v) is 34.7. The topological polar surface area (TPSA) is 168 Å². The molecular weight excluding hydrogens is 1220 g/mol. The van der Waals surface area contributed by atoms with Crippen LogP contribution in [0.3, 0.4) is 0 Å². The Morgan fingerprint density at radius 3 is 1.47 bits per heavy atom. The highest BCUT2D eigenvalue weighted by Crippen LogP contribution is 2.67. The van der Waals surface area contributed by atoms with E-state index in [-0.39, 0.29) is 120 Å². The van der Waals surface area contributed by atoms with Gasteiger partial charge in [0.15, 0.2) is 0 Å². The molecule has 17 nitrogen and oxygen atoms in total. The van der Waals surface area contributed by atoms with Crippen molar-refractivity contribution in [1.29, 1.82) is 0 Å². The quantitative estimate of drug-likeness (QED) is 0.0479. The Balaban J connectivity index is 0.000000180. The molecule has 14 rings (SSSR count). The predicted molar refractivity (Wildman–Crippen MR) is 355 cm³/mol. The van der Waals surface area contributed by atoms with Gasteiger partial charge in [0.2, 0.25) is 17.5 Å². The third-order valence-corrected chi connectivity index (χ3v) is 23.8. The van der Waals surface area contributed by atoms with Gasteiger partial charge in [0.1, 0.15) is 6.29 Å². The van der Waals surface area contributed by atoms with Gasteiger partial charge >= 0.3 is 20.1 Å². The van der Waals surface area contributed by atoms with E-state index in [0.717, 1.165) is 56.1 Å². The minimum atomic E-state index is -2.77. The predicted octanol–water partition coefficient (Wildman–Crippen LogP) is 10.4. The van der Waals surface area contributed by atoms with Crippen LogP contribution in [0.15, 0.2) is 72.4 Å². The maximum Gasteiger partial charge on any atom is 0.482 e. The number of nitrogens with zero attached hydrogens (tertiary/aromatic N) is 6. The van der Waals surface area contributed by atoms with E-state index in [2.05, 4.69) is 74.0 Å². The van der Waals surface area contributed by atoms with Crippen LogP contribution in [0, 0.1) is 59.5 Å². The molecule has 6 heterocycles. The number of benzene rings is 2. The molecule has 516 valence electrons. The van der Waals surface area contributed by atoms with Gasteiger partial charge in [-0.3, -0.25) is 29.0 Å². The van der Waals surface area contributed by atoms with Crippen molar-refractivity contribution in [3.8, 4) is 0 Å². The SMILES string of the molecule is CC(C)(C=O)N1CCC(F)(F)C1.[C-]#[N+]C(=CC(C)(C)N1CCC(F)(F)C1)C(=O)N1CCC[C@H](CC(=O)N[C@@H](Cc2ccccc2)B2O[C@@H]3C[C@@H]4C[C@@H](C4(C)C)[C@]3(C)O2)C1.[C-]#[N+]CC(=O)N1CCC[C@H](CC(=O)N[C@@H](Cc2ccccc2)B2O[C@@H]3C[C@@H]4C[C@@H](C4(C)C)[C@]3(C)O2)C1. The Morgan fingerprint density at radius 1 is 0.642 bits per heavy atom. The Kier molecular flexibility index (Phi) is 21.5. The molecule has 6 aliphatic carbocycles. The second-order valence-electron chi connectivity index (χ2n) is 31.9. The molecule has 4 amide bonds. The van der Waals surface area contributed by atoms with Crippen LogP contribution >= 0.6 is 0 Å². The van der Waals surface area contributed by atoms with Crippen LogP contribution in [-0.4, -0.2) is 181 Å². The highest BCUT2D eigenvalue weighted by Gasteiger charge is 2.70. The van der Waals surface area contributed by atoms with Crippen molar-refractivity contribution in [2.75, 3.05) is 58.9 Å². The molecule has 12 fully saturated rings. The minimum absolute atomic E-state index is 0.00833. The molecule has 2 N–H and O–H groups in total. The zero-order chi connectivity index (χ0) is 68.7. The molecular formula is C72H100B2F4N8O9. The lowest BCUT2D eigenvalue weighted by Gasteiger charge is -2.64. The lowest BCUT2D eigenvalue weighted by molar-refractivity contribution is -0.199. The summed E-state index contributed by atoms with van der Waals surface area (Å²) in [4.78, 5) is 76.4. The van der Waals surface area contributed by atoms with Gasteiger partial charge < -0.3 is 48.7 Å². The fourth-order valence-corrected chi connectivity index (χ4v) is 17.7. The third-order valence-electron chi connectivity index (χ3n) is 23.8. The number of hydrogen-bond donors (Lipinski definition) is 2. The number of alkyl halides is 4. The molecule has 6 saturated carbocycles. The zero-order valence-corrected chi connectivity index (χ0v) is 57.5. The molecule has 23 heteroatoms. The third kappa shape index (κ3) is 15.9. The highest BCUT2D eigenvalue weighted by molar-refractivity contribution is 6.48. The van der Waals surface area contributed by atoms with Crippen LogP contribution in [0.4, 0.5) is 17.6 Å². The highest BCUT2D eigenvalue weighted by atomic mass is 19.3. The molecule has 2 aromatic rings. The van der Waals surface area contributed by atoms with Crippen molar-refractivity contribution in [3.05, 3.63) is 106 Å². The first-order chi connectivity index (χ1) is 44.7. The maximum absolute atomic E-state index is 13.9. The Bertz CT molecular complexity index is 3220. The van der Waals surface area contributed by atoms with Crippen LogP contribution in [-0.2, 0) is 55.4 Å². The van der Waals surface area contributed by atoms with E-state index in [0.29, 0.717) is 81.9 Å². The van der Waals surface area contributed by atoms with E-state index in [1.807, 2.05) is 48.5 Å². The average Bonchev–Trinajstić information content (AvgIpc) is 1.66. The van der Waals surface area contributed by atoms with Gasteiger partial charge in [-0.05, 0) is 163 Å². The van der Waals surface area contributed by atoms with Crippen molar-refractivity contribution in [2.45, 2.75) is 217 Å². The molecule has 4 bridgehead atoms. The summed E-state index contributed by atoms with van der Waals surface area (Å²) in [5.74, 6) is -4.51. The number of nitrogens with one attached hydrogen (secondary N) is 2. The van der Waals surface area contributed by atoms with Gasteiger partial charge in [0.25, 0.3) is 24.3 Å².